The van der Waals surface area contributed by atoms with Gasteiger partial charge in [0, 0.05) is 25.6 Å². The molecule has 1 amide bonds. The molecule has 7 nitrogen and oxygen atoms in total. The van der Waals surface area contributed by atoms with Gasteiger partial charge in [0.05, 0.1) is 12.6 Å². The Kier molecular flexibility index (Phi) is 4.75. The van der Waals surface area contributed by atoms with Crippen LogP contribution in [0.4, 0.5) is 0 Å². The fraction of sp³-hybridized carbons (Fsp3) is 0.600. The first-order valence-electron chi connectivity index (χ1n) is 7.27. The fourth-order valence-corrected chi connectivity index (χ4v) is 2.67. The van der Waals surface area contributed by atoms with Crippen LogP contribution in [0.2, 0.25) is 0 Å². The van der Waals surface area contributed by atoms with E-state index in [1.54, 1.807) is 26.3 Å². The summed E-state index contributed by atoms with van der Waals surface area (Å²) in [7, 11) is 3.45. The number of amides is 1. The first kappa shape index (κ1) is 16.4. The lowest BCUT2D eigenvalue weighted by Crippen LogP contribution is -2.63. The zero-order valence-electron chi connectivity index (χ0n) is 13.5. The van der Waals surface area contributed by atoms with Crippen LogP contribution in [0.1, 0.15) is 36.6 Å². The van der Waals surface area contributed by atoms with Crippen molar-refractivity contribution >= 4 is 11.9 Å². The van der Waals surface area contributed by atoms with Gasteiger partial charge in [0.25, 0.3) is 5.91 Å². The molecule has 4 N–H and O–H groups in total. The number of hydrogen-bond acceptors (Lipinski definition) is 4. The average Bonchev–Trinajstić information content (AvgIpc) is 2.95. The van der Waals surface area contributed by atoms with Gasteiger partial charge >= 0.3 is 0 Å². The molecule has 0 aliphatic heterocycles. The molecular weight excluding hydrogens is 284 g/mol. The van der Waals surface area contributed by atoms with Crippen molar-refractivity contribution in [2.75, 3.05) is 14.2 Å². The Morgan fingerprint density at radius 1 is 1.55 bits per heavy atom. The zero-order chi connectivity index (χ0) is 16.3. The van der Waals surface area contributed by atoms with Crippen molar-refractivity contribution in [2.45, 2.75) is 39.0 Å². The maximum atomic E-state index is 11.0. The quantitative estimate of drug-likeness (QED) is 0.553. The number of aliphatic imine (C=N–C) groups is 1. The van der Waals surface area contributed by atoms with Crippen molar-refractivity contribution < 1.29 is 13.9 Å². The SMILES string of the molecule is CN=C(NCc1ccc(C(N)=O)o1)NC1CC(OC)C1(C)C. The maximum absolute atomic E-state index is 11.0. The molecule has 2 atom stereocenters. The normalized spacial score (nSPS) is 23.7. The van der Waals surface area contributed by atoms with E-state index in [2.05, 4.69) is 29.5 Å². The van der Waals surface area contributed by atoms with E-state index in [1.807, 2.05) is 0 Å². The summed E-state index contributed by atoms with van der Waals surface area (Å²) in [6.07, 6.45) is 1.20. The van der Waals surface area contributed by atoms with E-state index in [1.165, 1.54) is 0 Å². The summed E-state index contributed by atoms with van der Waals surface area (Å²) in [5, 5.41) is 6.54. The maximum Gasteiger partial charge on any atom is 0.284 e. The van der Waals surface area contributed by atoms with E-state index >= 15 is 0 Å². The molecule has 122 valence electrons. The molecule has 1 saturated carbocycles. The number of nitrogens with one attached hydrogen (secondary N) is 2. The van der Waals surface area contributed by atoms with E-state index in [4.69, 9.17) is 14.9 Å². The van der Waals surface area contributed by atoms with E-state index in [9.17, 15) is 4.79 Å². The van der Waals surface area contributed by atoms with Crippen LogP contribution < -0.4 is 16.4 Å². The number of carbonyl (C=O) groups is 1. The highest BCUT2D eigenvalue weighted by Crippen LogP contribution is 2.42. The Morgan fingerprint density at radius 2 is 2.27 bits per heavy atom. The molecule has 2 rings (SSSR count). The topological polar surface area (TPSA) is 102 Å². The zero-order valence-corrected chi connectivity index (χ0v) is 13.5. The Hall–Kier alpha value is -2.02. The summed E-state index contributed by atoms with van der Waals surface area (Å²) < 4.78 is 10.8. The third-order valence-electron chi connectivity index (χ3n) is 4.33. The number of methoxy groups -OCH3 is 1. The highest BCUT2D eigenvalue weighted by Gasteiger charge is 2.48. The molecule has 1 fully saturated rings. The number of ether oxygens (including phenoxy) is 1. The first-order valence-corrected chi connectivity index (χ1v) is 7.27. The summed E-state index contributed by atoms with van der Waals surface area (Å²) in [6, 6.07) is 3.57. The second-order valence-electron chi connectivity index (χ2n) is 6.03. The molecule has 0 radical (unpaired) electrons. The van der Waals surface area contributed by atoms with E-state index < -0.39 is 5.91 Å². The molecule has 2 unspecified atom stereocenters. The molecule has 0 aromatic carbocycles. The van der Waals surface area contributed by atoms with Gasteiger partial charge in [0.1, 0.15) is 5.76 Å². The fourth-order valence-electron chi connectivity index (χ4n) is 2.67. The number of guanidine groups is 1. The average molecular weight is 308 g/mol. The molecule has 1 heterocycles. The van der Waals surface area contributed by atoms with Crippen LogP contribution in [-0.2, 0) is 11.3 Å². The Balaban J connectivity index is 1.87. The van der Waals surface area contributed by atoms with E-state index in [0.717, 1.165) is 6.42 Å². The molecule has 0 bridgehead atoms. The minimum atomic E-state index is -0.574. The summed E-state index contributed by atoms with van der Waals surface area (Å²) >= 11 is 0. The Morgan fingerprint density at radius 3 is 2.77 bits per heavy atom. The molecule has 1 aliphatic carbocycles. The Bertz CT molecular complexity index is 565. The molecule has 1 aromatic rings. The Labute approximate surface area is 130 Å². The number of carbonyl (C=O) groups excluding carboxylic acids is 1. The van der Waals surface area contributed by atoms with Crippen LogP contribution in [-0.4, -0.2) is 38.2 Å². The molecule has 0 spiro atoms. The van der Waals surface area contributed by atoms with E-state index in [-0.39, 0.29) is 17.3 Å². The first-order chi connectivity index (χ1) is 10.4. The van der Waals surface area contributed by atoms with Crippen LogP contribution in [0.3, 0.4) is 0 Å². The van der Waals surface area contributed by atoms with Crippen molar-refractivity contribution in [3.8, 4) is 0 Å². The largest absolute Gasteiger partial charge is 0.454 e. The van der Waals surface area contributed by atoms with Gasteiger partial charge in [-0.3, -0.25) is 9.79 Å². The van der Waals surface area contributed by atoms with Gasteiger partial charge < -0.3 is 25.5 Å². The minimum absolute atomic E-state index is 0.0518. The monoisotopic (exact) mass is 308 g/mol. The second kappa shape index (κ2) is 6.39. The second-order valence-corrected chi connectivity index (χ2v) is 6.03. The third kappa shape index (κ3) is 3.24. The van der Waals surface area contributed by atoms with Gasteiger partial charge in [0.2, 0.25) is 0 Å². The van der Waals surface area contributed by atoms with Gasteiger partial charge in [-0.1, -0.05) is 13.8 Å². The number of nitrogens with zero attached hydrogens (tertiary/aromatic N) is 1. The van der Waals surface area contributed by atoms with Gasteiger partial charge in [-0.25, -0.2) is 0 Å². The standard InChI is InChI=1S/C15H24N4O3/c1-15(2)11(7-12(15)21-4)19-14(17-3)18-8-9-5-6-10(22-9)13(16)20/h5-6,11-12H,7-8H2,1-4H3,(H2,16,20)(H2,17,18,19). The summed E-state index contributed by atoms with van der Waals surface area (Å²) in [5.74, 6) is 0.891. The van der Waals surface area contributed by atoms with Gasteiger partial charge in [-0.05, 0) is 18.6 Å². The van der Waals surface area contributed by atoms with Gasteiger partial charge in [-0.15, -0.1) is 0 Å². The minimum Gasteiger partial charge on any atom is -0.454 e. The van der Waals surface area contributed by atoms with Gasteiger partial charge in [-0.2, -0.15) is 0 Å². The number of furan rings is 1. The highest BCUT2D eigenvalue weighted by molar-refractivity contribution is 5.89. The molecule has 1 aliphatic rings. The predicted octanol–water partition coefficient (Wildman–Crippen LogP) is 0.857. The van der Waals surface area contributed by atoms with Gasteiger partial charge in [0.15, 0.2) is 11.7 Å². The number of hydrogen-bond donors (Lipinski definition) is 3. The summed E-state index contributed by atoms with van der Waals surface area (Å²) in [6.45, 7) is 4.76. The lowest BCUT2D eigenvalue weighted by Gasteiger charge is -2.51. The van der Waals surface area contributed by atoms with Crippen molar-refractivity contribution in [1.29, 1.82) is 0 Å². The molecule has 0 saturated heterocycles. The lowest BCUT2D eigenvalue weighted by molar-refractivity contribution is -0.0922. The number of nitrogens with two attached hydrogens (primary N) is 1. The number of rotatable bonds is 5. The summed E-state index contributed by atoms with van der Waals surface area (Å²) in [5.41, 5.74) is 5.21. The molecular formula is C15H24N4O3. The van der Waals surface area contributed by atoms with Crippen molar-refractivity contribution in [1.82, 2.24) is 10.6 Å². The molecule has 7 heteroatoms. The lowest BCUT2D eigenvalue weighted by atomic mass is 9.64. The number of primary amides is 1. The molecule has 22 heavy (non-hydrogen) atoms. The third-order valence-corrected chi connectivity index (χ3v) is 4.33. The van der Waals surface area contributed by atoms with E-state index in [0.29, 0.717) is 24.3 Å². The predicted molar refractivity (Wildman–Crippen MR) is 83.5 cm³/mol. The van der Waals surface area contributed by atoms with Crippen LogP contribution in [0.15, 0.2) is 21.5 Å². The van der Waals surface area contributed by atoms with Crippen LogP contribution in [0, 0.1) is 5.41 Å². The molecule has 1 aromatic heterocycles. The van der Waals surface area contributed by atoms with Crippen LogP contribution >= 0.6 is 0 Å². The smallest absolute Gasteiger partial charge is 0.284 e. The van der Waals surface area contributed by atoms with Crippen LogP contribution in [0.25, 0.3) is 0 Å². The van der Waals surface area contributed by atoms with Crippen molar-refractivity contribution in [3.05, 3.63) is 23.7 Å². The van der Waals surface area contributed by atoms with Crippen LogP contribution in [0.5, 0.6) is 0 Å². The summed E-state index contributed by atoms with van der Waals surface area (Å²) in [4.78, 5) is 15.2. The van der Waals surface area contributed by atoms with Crippen molar-refractivity contribution in [2.24, 2.45) is 16.1 Å². The highest BCUT2D eigenvalue weighted by atomic mass is 16.5. The van der Waals surface area contributed by atoms with Crippen molar-refractivity contribution in [3.63, 3.8) is 0 Å².